The molecule has 3 aliphatic rings. The maximum atomic E-state index is 12.7. The second-order valence-electron chi connectivity index (χ2n) is 8.05. The molecule has 1 aromatic carbocycles. The summed E-state index contributed by atoms with van der Waals surface area (Å²) in [5, 5.41) is 23.7. The minimum absolute atomic E-state index is 0.0840. The summed E-state index contributed by atoms with van der Waals surface area (Å²) in [5.41, 5.74) is 2.18. The molecule has 1 amide bonds. The van der Waals surface area contributed by atoms with Gasteiger partial charge in [-0.3, -0.25) is 15.2 Å². The lowest BCUT2D eigenvalue weighted by Crippen LogP contribution is -2.75. The second-order valence-corrected chi connectivity index (χ2v) is 8.05. The van der Waals surface area contributed by atoms with Crippen molar-refractivity contribution >= 4 is 23.7 Å². The molecule has 5 unspecified atom stereocenters. The lowest BCUT2D eigenvalue weighted by molar-refractivity contribution is -0.228. The maximum absolute atomic E-state index is 12.7. The van der Waals surface area contributed by atoms with E-state index < -0.39 is 41.5 Å². The summed E-state index contributed by atoms with van der Waals surface area (Å²) in [6, 6.07) is 6.93. The highest BCUT2D eigenvalue weighted by atomic mass is 16.6. The van der Waals surface area contributed by atoms with Gasteiger partial charge in [-0.1, -0.05) is 18.2 Å². The van der Waals surface area contributed by atoms with E-state index in [1.54, 1.807) is 49.1 Å². The summed E-state index contributed by atoms with van der Waals surface area (Å²) in [6.07, 6.45) is -1.96. The van der Waals surface area contributed by atoms with Crippen LogP contribution in [0.15, 0.2) is 40.3 Å². The van der Waals surface area contributed by atoms with E-state index in [0.29, 0.717) is 11.4 Å². The number of aliphatic hydroxyl groups is 1. The van der Waals surface area contributed by atoms with E-state index in [9.17, 15) is 19.9 Å². The number of carbonyl (C=O) groups is 2. The summed E-state index contributed by atoms with van der Waals surface area (Å²) < 4.78 is 10.6. The molecule has 1 fully saturated rings. The fraction of sp³-hybridized carbons (Fsp3) is 0.500. The van der Waals surface area contributed by atoms with Gasteiger partial charge in [-0.2, -0.15) is 0 Å². The Labute approximate surface area is 178 Å². The maximum Gasteiger partial charge on any atom is 0.404 e. The van der Waals surface area contributed by atoms with Gasteiger partial charge in [0.05, 0.1) is 17.9 Å². The fourth-order valence-electron chi connectivity index (χ4n) is 4.83. The number of amides is 1. The molecule has 1 aromatic rings. The van der Waals surface area contributed by atoms with Gasteiger partial charge < -0.3 is 25.2 Å². The van der Waals surface area contributed by atoms with Crippen LogP contribution in [0.1, 0.15) is 31.1 Å². The Hall–Kier alpha value is -3.18. The number of carbonyl (C=O) groups excluding carboxylic acids is 2. The number of hydrogen-bond donors (Lipinski definition) is 3. The van der Waals surface area contributed by atoms with Crippen molar-refractivity contribution in [3.63, 3.8) is 0 Å². The SMILES string of the molecule is CC1=NC2C(COC(N)=O)N=C(C)N3CC(OC(=O)c4ccccc4)C(C)(O)C23N1O. The predicted octanol–water partition coefficient (Wildman–Crippen LogP) is 0.363. The first kappa shape index (κ1) is 21.1. The van der Waals surface area contributed by atoms with Crippen LogP contribution in [0, 0.1) is 0 Å². The highest BCUT2D eigenvalue weighted by Crippen LogP contribution is 2.51. The van der Waals surface area contributed by atoms with Gasteiger partial charge in [0, 0.05) is 0 Å². The van der Waals surface area contributed by atoms with Crippen LogP contribution in [0.25, 0.3) is 0 Å². The van der Waals surface area contributed by atoms with E-state index >= 15 is 0 Å². The molecule has 4 rings (SSSR count). The standard InChI is InChI=1S/C20H25N5O6/c1-11-22-14(10-30-18(21)27)16-20(25(29)12(2)23-16)19(3,28)15(9-24(11)20)31-17(26)13-7-5-4-6-8-13/h4-8,14-16,28-29H,9-10H2,1-3H3,(H2,21,27). The lowest BCUT2D eigenvalue weighted by atomic mass is 9.79. The summed E-state index contributed by atoms with van der Waals surface area (Å²) in [5.74, 6) is 0.123. The molecule has 31 heavy (non-hydrogen) atoms. The van der Waals surface area contributed by atoms with Crippen LogP contribution in [0.5, 0.6) is 0 Å². The van der Waals surface area contributed by atoms with Crippen LogP contribution in [-0.2, 0) is 9.47 Å². The van der Waals surface area contributed by atoms with E-state index in [1.807, 2.05) is 0 Å². The van der Waals surface area contributed by atoms with E-state index in [0.717, 1.165) is 5.06 Å². The van der Waals surface area contributed by atoms with Gasteiger partial charge in [-0.05, 0) is 32.9 Å². The van der Waals surface area contributed by atoms with E-state index in [1.165, 1.54) is 6.92 Å². The Morgan fingerprint density at radius 2 is 1.90 bits per heavy atom. The Balaban J connectivity index is 1.71. The van der Waals surface area contributed by atoms with Gasteiger partial charge >= 0.3 is 12.1 Å². The number of nitrogens with zero attached hydrogens (tertiary/aromatic N) is 4. The molecule has 4 N–H and O–H groups in total. The normalized spacial score (nSPS) is 33.9. The quantitative estimate of drug-likeness (QED) is 0.579. The zero-order chi connectivity index (χ0) is 22.6. The molecule has 3 heterocycles. The highest BCUT2D eigenvalue weighted by molar-refractivity contribution is 5.90. The number of nitrogens with two attached hydrogens (primary N) is 1. The number of ether oxygens (including phenoxy) is 2. The molecule has 0 bridgehead atoms. The van der Waals surface area contributed by atoms with Crippen molar-refractivity contribution in [2.24, 2.45) is 15.7 Å². The molecule has 1 spiro atoms. The number of benzene rings is 1. The molecule has 1 saturated heterocycles. The van der Waals surface area contributed by atoms with Gasteiger partial charge in [0.2, 0.25) is 0 Å². The van der Waals surface area contributed by atoms with Crippen molar-refractivity contribution in [3.05, 3.63) is 35.9 Å². The summed E-state index contributed by atoms with van der Waals surface area (Å²) in [4.78, 5) is 34.6. The van der Waals surface area contributed by atoms with Crippen LogP contribution in [0.3, 0.4) is 0 Å². The molecule has 0 aromatic heterocycles. The monoisotopic (exact) mass is 431 g/mol. The molecule has 0 radical (unpaired) electrons. The molecular formula is C20H25N5O6. The first-order valence-electron chi connectivity index (χ1n) is 9.87. The van der Waals surface area contributed by atoms with Crippen molar-refractivity contribution in [2.45, 2.75) is 50.2 Å². The van der Waals surface area contributed by atoms with Crippen molar-refractivity contribution in [2.75, 3.05) is 13.2 Å². The Bertz CT molecular complexity index is 964. The van der Waals surface area contributed by atoms with Crippen molar-refractivity contribution in [1.29, 1.82) is 0 Å². The number of aliphatic imine (C=N–C) groups is 2. The fourth-order valence-corrected chi connectivity index (χ4v) is 4.83. The first-order valence-corrected chi connectivity index (χ1v) is 9.87. The van der Waals surface area contributed by atoms with E-state index in [4.69, 9.17) is 15.2 Å². The lowest BCUT2D eigenvalue weighted by Gasteiger charge is -2.52. The van der Waals surface area contributed by atoms with E-state index in [-0.39, 0.29) is 19.0 Å². The van der Waals surface area contributed by atoms with Gasteiger partial charge in [-0.25, -0.2) is 14.7 Å². The molecule has 11 nitrogen and oxygen atoms in total. The van der Waals surface area contributed by atoms with Gasteiger partial charge in [0.25, 0.3) is 0 Å². The Kier molecular flexibility index (Phi) is 4.90. The van der Waals surface area contributed by atoms with Crippen LogP contribution in [0.2, 0.25) is 0 Å². The highest BCUT2D eigenvalue weighted by Gasteiger charge is 2.75. The number of rotatable bonds is 4. The molecule has 0 aliphatic carbocycles. The summed E-state index contributed by atoms with van der Waals surface area (Å²) in [7, 11) is 0. The van der Waals surface area contributed by atoms with Crippen molar-refractivity contribution in [1.82, 2.24) is 9.96 Å². The van der Waals surface area contributed by atoms with E-state index in [2.05, 4.69) is 9.98 Å². The topological polar surface area (TPSA) is 150 Å². The van der Waals surface area contributed by atoms with Gasteiger partial charge in [0.15, 0.2) is 11.8 Å². The molecule has 5 atom stereocenters. The minimum atomic E-state index is -1.76. The molecular weight excluding hydrogens is 406 g/mol. The van der Waals surface area contributed by atoms with Gasteiger partial charge in [-0.15, -0.1) is 0 Å². The third-order valence-corrected chi connectivity index (χ3v) is 6.26. The minimum Gasteiger partial charge on any atom is -0.454 e. The number of hydroxylamine groups is 2. The van der Waals surface area contributed by atoms with Crippen LogP contribution < -0.4 is 5.73 Å². The van der Waals surface area contributed by atoms with Crippen LogP contribution >= 0.6 is 0 Å². The second kappa shape index (κ2) is 7.20. The number of primary amides is 1. The first-order chi connectivity index (χ1) is 14.6. The smallest absolute Gasteiger partial charge is 0.404 e. The molecule has 166 valence electrons. The molecule has 3 aliphatic heterocycles. The molecule has 0 saturated carbocycles. The largest absolute Gasteiger partial charge is 0.454 e. The zero-order valence-corrected chi connectivity index (χ0v) is 17.4. The van der Waals surface area contributed by atoms with Crippen LogP contribution in [-0.4, -0.2) is 86.6 Å². The summed E-state index contributed by atoms with van der Waals surface area (Å²) >= 11 is 0. The third kappa shape index (κ3) is 2.95. The Morgan fingerprint density at radius 1 is 1.23 bits per heavy atom. The number of hydrogen-bond acceptors (Lipinski definition) is 10. The molecule has 11 heteroatoms. The number of amidine groups is 2. The third-order valence-electron chi connectivity index (χ3n) is 6.26. The summed E-state index contributed by atoms with van der Waals surface area (Å²) in [6.45, 7) is 4.69. The van der Waals surface area contributed by atoms with Crippen LogP contribution in [0.4, 0.5) is 4.79 Å². The van der Waals surface area contributed by atoms with Crippen molar-refractivity contribution < 1.29 is 29.4 Å². The zero-order valence-electron chi connectivity index (χ0n) is 17.4. The Morgan fingerprint density at radius 3 is 2.55 bits per heavy atom. The van der Waals surface area contributed by atoms with Crippen molar-refractivity contribution in [3.8, 4) is 0 Å². The van der Waals surface area contributed by atoms with Gasteiger partial charge in [0.1, 0.15) is 30.1 Å². The number of esters is 1. The average Bonchev–Trinajstić information content (AvgIpc) is 3.13. The average molecular weight is 431 g/mol. The predicted molar refractivity (Wildman–Crippen MR) is 109 cm³/mol.